The van der Waals surface area contributed by atoms with Crippen molar-refractivity contribution in [1.82, 2.24) is 14.8 Å². The van der Waals surface area contributed by atoms with Gasteiger partial charge in [0.2, 0.25) is 0 Å². The number of hydrogen-bond acceptors (Lipinski definition) is 4. The maximum atomic E-state index is 11.2. The van der Waals surface area contributed by atoms with Gasteiger partial charge in [0.1, 0.15) is 18.0 Å². The average molecular weight is 225 g/mol. The normalized spacial score (nSPS) is 21.2. The zero-order valence-electron chi connectivity index (χ0n) is 9.38. The maximum Gasteiger partial charge on any atom is 0.329 e. The quantitative estimate of drug-likeness (QED) is 0.828. The van der Waals surface area contributed by atoms with Gasteiger partial charge < -0.3 is 9.84 Å². The summed E-state index contributed by atoms with van der Waals surface area (Å²) in [7, 11) is 0. The topological polar surface area (TPSA) is 77.2 Å². The number of aromatic nitrogens is 3. The largest absolute Gasteiger partial charge is 0.480 e. The van der Waals surface area contributed by atoms with Crippen molar-refractivity contribution < 1.29 is 14.6 Å². The van der Waals surface area contributed by atoms with E-state index in [1.165, 1.54) is 6.33 Å². The first-order chi connectivity index (χ1) is 7.53. The smallest absolute Gasteiger partial charge is 0.329 e. The lowest BCUT2D eigenvalue weighted by Gasteiger charge is -2.24. The molecule has 0 spiro atoms. The lowest BCUT2D eigenvalue weighted by Crippen LogP contribution is -2.37. The molecule has 1 aliphatic rings. The average Bonchev–Trinajstić information content (AvgIpc) is 2.88. The number of aliphatic carboxylic acids is 1. The van der Waals surface area contributed by atoms with Gasteiger partial charge in [-0.1, -0.05) is 0 Å². The van der Waals surface area contributed by atoms with Gasteiger partial charge in [0.05, 0.1) is 0 Å². The van der Waals surface area contributed by atoms with E-state index in [0.717, 1.165) is 12.8 Å². The van der Waals surface area contributed by atoms with Crippen LogP contribution in [0.1, 0.15) is 38.6 Å². The number of carboxylic acid groups (broad SMARTS) is 1. The van der Waals surface area contributed by atoms with E-state index < -0.39 is 11.5 Å². The molecule has 6 nitrogen and oxygen atoms in total. The molecule has 1 fully saturated rings. The van der Waals surface area contributed by atoms with E-state index >= 15 is 0 Å². The van der Waals surface area contributed by atoms with E-state index in [1.807, 2.05) is 0 Å². The van der Waals surface area contributed by atoms with Crippen molar-refractivity contribution in [3.8, 4) is 0 Å². The molecule has 1 unspecified atom stereocenters. The Bertz CT molecular complexity index is 394. The molecule has 0 aromatic carbocycles. The van der Waals surface area contributed by atoms with Crippen LogP contribution in [0.3, 0.4) is 0 Å². The van der Waals surface area contributed by atoms with Crippen molar-refractivity contribution in [2.45, 2.75) is 38.3 Å². The molecule has 88 valence electrons. The van der Waals surface area contributed by atoms with Crippen LogP contribution in [0.5, 0.6) is 0 Å². The first kappa shape index (κ1) is 11.1. The second-order valence-corrected chi connectivity index (χ2v) is 4.42. The number of rotatable bonds is 3. The fourth-order valence-corrected chi connectivity index (χ4v) is 1.78. The van der Waals surface area contributed by atoms with Crippen LogP contribution in [-0.4, -0.2) is 32.4 Å². The standard InChI is InChI=1S/C10H15N3O3/c1-10(2,9(14)15)13-6-11-12-8(13)7-4-3-5-16-7/h6-7H,3-5H2,1-2H3,(H,14,15). The first-order valence-corrected chi connectivity index (χ1v) is 5.29. The van der Waals surface area contributed by atoms with Gasteiger partial charge in [-0.2, -0.15) is 0 Å². The minimum absolute atomic E-state index is 0.124. The Morgan fingerprint density at radius 3 is 3.00 bits per heavy atom. The predicted octanol–water partition coefficient (Wildman–Crippen LogP) is 0.949. The van der Waals surface area contributed by atoms with Crippen LogP contribution < -0.4 is 0 Å². The molecule has 1 atom stereocenters. The zero-order chi connectivity index (χ0) is 11.8. The lowest BCUT2D eigenvalue weighted by atomic mass is 10.1. The van der Waals surface area contributed by atoms with Gasteiger partial charge in [0, 0.05) is 6.61 Å². The molecule has 6 heteroatoms. The molecule has 1 aromatic rings. The summed E-state index contributed by atoms with van der Waals surface area (Å²) < 4.78 is 7.07. The van der Waals surface area contributed by atoms with E-state index in [9.17, 15) is 4.79 Å². The second kappa shape index (κ2) is 3.86. The highest BCUT2D eigenvalue weighted by Gasteiger charge is 2.34. The molecule has 1 aromatic heterocycles. The Morgan fingerprint density at radius 2 is 2.44 bits per heavy atom. The minimum Gasteiger partial charge on any atom is -0.480 e. The molecule has 0 bridgehead atoms. The van der Waals surface area contributed by atoms with Gasteiger partial charge in [-0.25, -0.2) is 4.79 Å². The Kier molecular flexibility index (Phi) is 2.67. The maximum absolute atomic E-state index is 11.2. The zero-order valence-corrected chi connectivity index (χ0v) is 9.38. The highest BCUT2D eigenvalue weighted by atomic mass is 16.5. The summed E-state index contributed by atoms with van der Waals surface area (Å²) in [5.74, 6) is -0.309. The Balaban J connectivity index is 2.35. The van der Waals surface area contributed by atoms with Gasteiger partial charge >= 0.3 is 5.97 Å². The van der Waals surface area contributed by atoms with Crippen LogP contribution in [0.2, 0.25) is 0 Å². The van der Waals surface area contributed by atoms with Crippen molar-refractivity contribution in [3.05, 3.63) is 12.2 Å². The van der Waals surface area contributed by atoms with E-state index in [-0.39, 0.29) is 6.10 Å². The summed E-state index contributed by atoms with van der Waals surface area (Å²) in [6.45, 7) is 3.94. The molecule has 0 radical (unpaired) electrons. The molecule has 0 saturated carbocycles. The molecule has 0 aliphatic carbocycles. The first-order valence-electron chi connectivity index (χ1n) is 5.29. The molecular weight excluding hydrogens is 210 g/mol. The molecule has 16 heavy (non-hydrogen) atoms. The number of carboxylic acids is 1. The minimum atomic E-state index is -1.05. The third kappa shape index (κ3) is 1.69. The third-order valence-electron chi connectivity index (χ3n) is 2.92. The summed E-state index contributed by atoms with van der Waals surface area (Å²) in [5.41, 5.74) is -1.05. The second-order valence-electron chi connectivity index (χ2n) is 4.42. The summed E-state index contributed by atoms with van der Waals surface area (Å²) in [6, 6.07) is 0. The SMILES string of the molecule is CC(C)(C(=O)O)n1cnnc1C1CCCO1. The van der Waals surface area contributed by atoms with Gasteiger partial charge in [-0.05, 0) is 26.7 Å². The van der Waals surface area contributed by atoms with E-state index in [4.69, 9.17) is 9.84 Å². The van der Waals surface area contributed by atoms with Crippen LogP contribution in [-0.2, 0) is 15.1 Å². The monoisotopic (exact) mass is 225 g/mol. The molecular formula is C10H15N3O3. The van der Waals surface area contributed by atoms with E-state index in [0.29, 0.717) is 12.4 Å². The number of hydrogen-bond donors (Lipinski definition) is 1. The van der Waals surface area contributed by atoms with Crippen LogP contribution in [0.25, 0.3) is 0 Å². The predicted molar refractivity (Wildman–Crippen MR) is 54.9 cm³/mol. The Labute approximate surface area is 93.2 Å². The van der Waals surface area contributed by atoms with Crippen molar-refractivity contribution in [1.29, 1.82) is 0 Å². The molecule has 2 heterocycles. The number of nitrogens with zero attached hydrogens (tertiary/aromatic N) is 3. The highest BCUT2D eigenvalue weighted by molar-refractivity contribution is 5.75. The van der Waals surface area contributed by atoms with Crippen LogP contribution in [0.4, 0.5) is 0 Å². The lowest BCUT2D eigenvalue weighted by molar-refractivity contribution is -0.145. The number of carbonyl (C=O) groups is 1. The van der Waals surface area contributed by atoms with Crippen molar-refractivity contribution in [2.24, 2.45) is 0 Å². The van der Waals surface area contributed by atoms with Gasteiger partial charge in [-0.3, -0.25) is 4.57 Å². The fraction of sp³-hybridized carbons (Fsp3) is 0.700. The van der Waals surface area contributed by atoms with Gasteiger partial charge in [0.15, 0.2) is 5.82 Å². The third-order valence-corrected chi connectivity index (χ3v) is 2.92. The van der Waals surface area contributed by atoms with Crippen molar-refractivity contribution in [3.63, 3.8) is 0 Å². The van der Waals surface area contributed by atoms with E-state index in [2.05, 4.69) is 10.2 Å². The summed E-state index contributed by atoms with van der Waals surface area (Å²) in [4.78, 5) is 11.2. The van der Waals surface area contributed by atoms with Crippen molar-refractivity contribution in [2.75, 3.05) is 6.61 Å². The Hall–Kier alpha value is -1.43. The molecule has 0 amide bonds. The van der Waals surface area contributed by atoms with Crippen LogP contribution >= 0.6 is 0 Å². The van der Waals surface area contributed by atoms with Crippen molar-refractivity contribution >= 4 is 5.97 Å². The summed E-state index contributed by atoms with van der Waals surface area (Å²) in [6.07, 6.45) is 3.17. The van der Waals surface area contributed by atoms with Crippen LogP contribution in [0, 0.1) is 0 Å². The summed E-state index contributed by atoms with van der Waals surface area (Å²) in [5, 5.41) is 16.9. The highest BCUT2D eigenvalue weighted by Crippen LogP contribution is 2.29. The summed E-state index contributed by atoms with van der Waals surface area (Å²) >= 11 is 0. The molecule has 2 rings (SSSR count). The molecule has 1 aliphatic heterocycles. The van der Waals surface area contributed by atoms with E-state index in [1.54, 1.807) is 18.4 Å². The number of ether oxygens (including phenoxy) is 1. The molecule has 1 saturated heterocycles. The molecule has 1 N–H and O–H groups in total. The van der Waals surface area contributed by atoms with Crippen LogP contribution in [0.15, 0.2) is 6.33 Å². The van der Waals surface area contributed by atoms with Gasteiger partial charge in [-0.15, -0.1) is 10.2 Å². The van der Waals surface area contributed by atoms with Gasteiger partial charge in [0.25, 0.3) is 0 Å². The fourth-order valence-electron chi connectivity index (χ4n) is 1.78. The Morgan fingerprint density at radius 1 is 1.69 bits per heavy atom.